The van der Waals surface area contributed by atoms with Crippen molar-refractivity contribution >= 4 is 23.2 Å². The van der Waals surface area contributed by atoms with Crippen molar-refractivity contribution in [3.8, 4) is 0 Å². The van der Waals surface area contributed by atoms with Crippen LogP contribution in [0.3, 0.4) is 0 Å². The van der Waals surface area contributed by atoms with Crippen molar-refractivity contribution in [2.24, 2.45) is 0 Å². The van der Waals surface area contributed by atoms with Crippen LogP contribution in [0.4, 0.5) is 5.69 Å². The molecule has 94 valence electrons. The smallest absolute Gasteiger partial charge is 0.155 e. The lowest BCUT2D eigenvalue weighted by molar-refractivity contribution is -0.112. The van der Waals surface area contributed by atoms with Crippen LogP contribution >= 0.6 is 11.8 Å². The van der Waals surface area contributed by atoms with E-state index in [4.69, 9.17) is 0 Å². The van der Waals surface area contributed by atoms with Crippen molar-refractivity contribution in [3.05, 3.63) is 35.4 Å². The summed E-state index contributed by atoms with van der Waals surface area (Å²) in [6.07, 6.45) is 6.87. The molecule has 3 rings (SSSR count). The number of carbonyl (C=O) groups is 1. The SMILES string of the molecule is CC(=O)C=C1Sc2ccccc2N1C1CCCC1. The molecule has 0 bridgehead atoms. The van der Waals surface area contributed by atoms with Crippen molar-refractivity contribution in [3.63, 3.8) is 0 Å². The Bertz CT molecular complexity index is 503. The summed E-state index contributed by atoms with van der Waals surface area (Å²) in [7, 11) is 0. The van der Waals surface area contributed by atoms with Crippen molar-refractivity contribution in [2.45, 2.75) is 43.5 Å². The van der Waals surface area contributed by atoms with Gasteiger partial charge in [0, 0.05) is 17.0 Å². The van der Waals surface area contributed by atoms with Crippen molar-refractivity contribution in [1.82, 2.24) is 0 Å². The van der Waals surface area contributed by atoms with Crippen LogP contribution in [0.1, 0.15) is 32.6 Å². The number of ketones is 1. The van der Waals surface area contributed by atoms with E-state index in [0.29, 0.717) is 6.04 Å². The molecular formula is C15H17NOS. The van der Waals surface area contributed by atoms with Crippen molar-refractivity contribution < 1.29 is 4.79 Å². The first kappa shape index (κ1) is 11.8. The van der Waals surface area contributed by atoms with Gasteiger partial charge < -0.3 is 4.90 Å². The highest BCUT2D eigenvalue weighted by atomic mass is 32.2. The van der Waals surface area contributed by atoms with Gasteiger partial charge in [0.25, 0.3) is 0 Å². The summed E-state index contributed by atoms with van der Waals surface area (Å²) >= 11 is 1.73. The molecule has 1 aromatic rings. The van der Waals surface area contributed by atoms with Gasteiger partial charge >= 0.3 is 0 Å². The van der Waals surface area contributed by atoms with Gasteiger partial charge in [-0.1, -0.05) is 36.7 Å². The average molecular weight is 259 g/mol. The highest BCUT2D eigenvalue weighted by Gasteiger charge is 2.32. The van der Waals surface area contributed by atoms with Crippen LogP contribution in [-0.2, 0) is 4.79 Å². The van der Waals surface area contributed by atoms with E-state index in [1.807, 2.05) is 0 Å². The summed E-state index contributed by atoms with van der Waals surface area (Å²) in [5.74, 6) is 0.133. The number of rotatable bonds is 2. The summed E-state index contributed by atoms with van der Waals surface area (Å²) in [4.78, 5) is 15.1. The Morgan fingerprint density at radius 3 is 2.78 bits per heavy atom. The monoisotopic (exact) mass is 259 g/mol. The zero-order valence-corrected chi connectivity index (χ0v) is 11.4. The molecule has 18 heavy (non-hydrogen) atoms. The van der Waals surface area contributed by atoms with Gasteiger partial charge in [-0.2, -0.15) is 0 Å². The standard InChI is InChI=1S/C15H17NOS/c1-11(17)10-15-16(12-6-2-3-7-12)13-8-4-5-9-14(13)18-15/h4-5,8-10,12H,2-3,6-7H2,1H3. The van der Waals surface area contributed by atoms with Gasteiger partial charge in [-0.3, -0.25) is 4.79 Å². The topological polar surface area (TPSA) is 20.3 Å². The number of carbonyl (C=O) groups excluding carboxylic acids is 1. The highest BCUT2D eigenvalue weighted by molar-refractivity contribution is 8.03. The molecular weight excluding hydrogens is 242 g/mol. The van der Waals surface area contributed by atoms with Gasteiger partial charge in [-0.25, -0.2) is 0 Å². The number of thioether (sulfide) groups is 1. The molecule has 1 fully saturated rings. The molecule has 0 aromatic heterocycles. The first-order valence-corrected chi connectivity index (χ1v) is 7.36. The molecule has 0 spiro atoms. The Morgan fingerprint density at radius 2 is 2.06 bits per heavy atom. The molecule has 2 aliphatic rings. The molecule has 1 heterocycles. The van der Waals surface area contributed by atoms with E-state index in [1.165, 1.54) is 36.3 Å². The van der Waals surface area contributed by atoms with Crippen LogP contribution in [0.15, 0.2) is 40.3 Å². The third-order valence-electron chi connectivity index (χ3n) is 3.59. The molecule has 2 nitrogen and oxygen atoms in total. The second-order valence-electron chi connectivity index (χ2n) is 4.97. The van der Waals surface area contributed by atoms with Gasteiger partial charge in [-0.15, -0.1) is 0 Å². The number of para-hydroxylation sites is 1. The van der Waals surface area contributed by atoms with Crippen molar-refractivity contribution in [1.29, 1.82) is 0 Å². The van der Waals surface area contributed by atoms with E-state index >= 15 is 0 Å². The Morgan fingerprint density at radius 1 is 1.33 bits per heavy atom. The van der Waals surface area contributed by atoms with Gasteiger partial charge in [0.1, 0.15) is 0 Å². The lowest BCUT2D eigenvalue weighted by Crippen LogP contribution is -2.29. The number of hydrogen-bond acceptors (Lipinski definition) is 3. The summed E-state index contributed by atoms with van der Waals surface area (Å²) in [5, 5.41) is 1.11. The number of allylic oxidation sites excluding steroid dienone is 1. The number of hydrogen-bond donors (Lipinski definition) is 0. The molecule has 0 radical (unpaired) electrons. The van der Waals surface area contributed by atoms with E-state index in [1.54, 1.807) is 24.8 Å². The fourth-order valence-corrected chi connectivity index (χ4v) is 4.05. The molecule has 0 N–H and O–H groups in total. The molecule has 0 saturated heterocycles. The van der Waals surface area contributed by atoms with Gasteiger partial charge in [0.2, 0.25) is 0 Å². The normalized spacial score (nSPS) is 21.6. The van der Waals surface area contributed by atoms with Gasteiger partial charge in [-0.05, 0) is 31.9 Å². The largest absolute Gasteiger partial charge is 0.332 e. The van der Waals surface area contributed by atoms with E-state index in [0.717, 1.165) is 5.03 Å². The lowest BCUT2D eigenvalue weighted by Gasteiger charge is -2.27. The van der Waals surface area contributed by atoms with E-state index < -0.39 is 0 Å². The third kappa shape index (κ3) is 2.07. The Labute approximate surface area is 112 Å². The lowest BCUT2D eigenvalue weighted by atomic mass is 10.2. The zero-order valence-electron chi connectivity index (χ0n) is 10.6. The van der Waals surface area contributed by atoms with Crippen molar-refractivity contribution in [2.75, 3.05) is 4.90 Å². The number of anilines is 1. The van der Waals surface area contributed by atoms with Crippen LogP contribution in [0.5, 0.6) is 0 Å². The molecule has 0 unspecified atom stereocenters. The maximum absolute atomic E-state index is 11.4. The number of nitrogens with zero attached hydrogens (tertiary/aromatic N) is 1. The Kier molecular flexibility index (Phi) is 3.16. The third-order valence-corrected chi connectivity index (χ3v) is 4.68. The second-order valence-corrected chi connectivity index (χ2v) is 6.03. The maximum atomic E-state index is 11.4. The summed E-state index contributed by atoms with van der Waals surface area (Å²) in [6, 6.07) is 9.03. The summed E-state index contributed by atoms with van der Waals surface area (Å²) < 4.78 is 0. The van der Waals surface area contributed by atoms with Crippen LogP contribution < -0.4 is 4.90 Å². The fourth-order valence-electron chi connectivity index (χ4n) is 2.84. The minimum absolute atomic E-state index is 0.133. The first-order chi connectivity index (χ1) is 8.75. The molecule has 0 amide bonds. The van der Waals surface area contributed by atoms with Crippen LogP contribution in [0, 0.1) is 0 Å². The molecule has 1 aliphatic heterocycles. The first-order valence-electron chi connectivity index (χ1n) is 6.54. The maximum Gasteiger partial charge on any atom is 0.155 e. The predicted octanol–water partition coefficient (Wildman–Crippen LogP) is 3.97. The second kappa shape index (κ2) is 4.81. The number of benzene rings is 1. The quantitative estimate of drug-likeness (QED) is 0.749. The van der Waals surface area contributed by atoms with Gasteiger partial charge in [0.15, 0.2) is 5.78 Å². The predicted molar refractivity (Wildman–Crippen MR) is 75.8 cm³/mol. The van der Waals surface area contributed by atoms with Crippen LogP contribution in [0.25, 0.3) is 0 Å². The molecule has 1 aromatic carbocycles. The average Bonchev–Trinajstić information content (AvgIpc) is 2.93. The fraction of sp³-hybridized carbons (Fsp3) is 0.400. The van der Waals surface area contributed by atoms with E-state index in [-0.39, 0.29) is 5.78 Å². The molecule has 3 heteroatoms. The van der Waals surface area contributed by atoms with E-state index in [2.05, 4.69) is 29.2 Å². The highest BCUT2D eigenvalue weighted by Crippen LogP contribution is 2.48. The number of fused-ring (bicyclic) bond motifs is 1. The minimum Gasteiger partial charge on any atom is -0.332 e. The van der Waals surface area contributed by atoms with Crippen LogP contribution in [-0.4, -0.2) is 11.8 Å². The summed E-state index contributed by atoms with van der Waals surface area (Å²) in [5.41, 5.74) is 1.28. The van der Waals surface area contributed by atoms with Crippen LogP contribution in [0.2, 0.25) is 0 Å². The Hall–Kier alpha value is -1.22. The van der Waals surface area contributed by atoms with E-state index in [9.17, 15) is 4.79 Å². The minimum atomic E-state index is 0.133. The van der Waals surface area contributed by atoms with Gasteiger partial charge in [0.05, 0.1) is 10.7 Å². The molecule has 0 atom stereocenters. The summed E-state index contributed by atoms with van der Waals surface area (Å²) in [6.45, 7) is 1.63. The molecule has 1 saturated carbocycles. The Balaban J connectivity index is 2.01. The molecule has 1 aliphatic carbocycles. The zero-order chi connectivity index (χ0) is 12.5.